The van der Waals surface area contributed by atoms with Crippen molar-refractivity contribution in [1.82, 2.24) is 9.80 Å². The number of aryl methyl sites for hydroxylation is 1. The maximum absolute atomic E-state index is 12.5. The number of anilines is 1. The van der Waals surface area contributed by atoms with Crippen LogP contribution in [0.15, 0.2) is 24.3 Å². The van der Waals surface area contributed by atoms with Crippen molar-refractivity contribution in [3.63, 3.8) is 0 Å². The van der Waals surface area contributed by atoms with Gasteiger partial charge in [-0.3, -0.25) is 14.5 Å². The van der Waals surface area contributed by atoms with E-state index in [1.807, 2.05) is 36.1 Å². The molecule has 0 aromatic heterocycles. The summed E-state index contributed by atoms with van der Waals surface area (Å²) in [6, 6.07) is 7.77. The maximum atomic E-state index is 12.5. The number of hydrogen-bond acceptors (Lipinski definition) is 4. The van der Waals surface area contributed by atoms with Crippen LogP contribution in [0.2, 0.25) is 0 Å². The van der Waals surface area contributed by atoms with Crippen molar-refractivity contribution < 1.29 is 14.3 Å². The molecule has 1 aromatic carbocycles. The normalized spacial score (nSPS) is 21.7. The molecule has 0 saturated carbocycles. The van der Waals surface area contributed by atoms with Crippen molar-refractivity contribution in [3.8, 4) is 0 Å². The Balaban J connectivity index is 1.47. The summed E-state index contributed by atoms with van der Waals surface area (Å²) >= 11 is 0. The van der Waals surface area contributed by atoms with Gasteiger partial charge < -0.3 is 15.0 Å². The van der Waals surface area contributed by atoms with Crippen LogP contribution in [0.3, 0.4) is 0 Å². The van der Waals surface area contributed by atoms with Crippen LogP contribution in [-0.2, 0) is 14.3 Å². The third-order valence-electron chi connectivity index (χ3n) is 4.61. The number of likely N-dealkylation sites (tertiary alicyclic amines) is 1. The number of amides is 2. The molecule has 3 rings (SSSR count). The Morgan fingerprint density at radius 3 is 2.79 bits per heavy atom. The van der Waals surface area contributed by atoms with E-state index in [1.165, 1.54) is 0 Å². The van der Waals surface area contributed by atoms with Gasteiger partial charge in [0, 0.05) is 25.3 Å². The number of carbonyl (C=O) groups is 2. The van der Waals surface area contributed by atoms with Crippen LogP contribution < -0.4 is 5.32 Å². The molecule has 1 aromatic rings. The predicted octanol–water partition coefficient (Wildman–Crippen LogP) is 1.11. The zero-order valence-electron chi connectivity index (χ0n) is 14.2. The molecular weight excluding hydrogens is 306 g/mol. The summed E-state index contributed by atoms with van der Waals surface area (Å²) in [5.41, 5.74) is 1.94. The molecule has 2 amide bonds. The van der Waals surface area contributed by atoms with Crippen molar-refractivity contribution in [2.24, 2.45) is 5.92 Å². The Labute approximate surface area is 142 Å². The number of ether oxygens (including phenoxy) is 1. The first-order chi connectivity index (χ1) is 11.6. The van der Waals surface area contributed by atoms with Crippen LogP contribution in [-0.4, -0.2) is 67.6 Å². The van der Waals surface area contributed by atoms with E-state index in [0.29, 0.717) is 39.4 Å². The number of nitrogens with one attached hydrogen (secondary N) is 1. The summed E-state index contributed by atoms with van der Waals surface area (Å²) in [5, 5.41) is 2.92. The van der Waals surface area contributed by atoms with Gasteiger partial charge in [-0.05, 0) is 37.6 Å². The topological polar surface area (TPSA) is 61.9 Å². The van der Waals surface area contributed by atoms with Crippen LogP contribution in [0, 0.1) is 12.8 Å². The number of hydrogen-bond donors (Lipinski definition) is 1. The molecule has 0 aliphatic carbocycles. The number of nitrogens with zero attached hydrogens (tertiary/aromatic N) is 2. The lowest BCUT2D eigenvalue weighted by Gasteiger charge is -2.29. The quantitative estimate of drug-likeness (QED) is 0.898. The van der Waals surface area contributed by atoms with Crippen molar-refractivity contribution in [2.45, 2.75) is 13.3 Å². The van der Waals surface area contributed by atoms with Crippen molar-refractivity contribution >= 4 is 17.5 Å². The first-order valence-electron chi connectivity index (χ1n) is 8.57. The van der Waals surface area contributed by atoms with Gasteiger partial charge >= 0.3 is 0 Å². The summed E-state index contributed by atoms with van der Waals surface area (Å²) in [5.74, 6) is 0.190. The highest BCUT2D eigenvalue weighted by Crippen LogP contribution is 2.19. The molecular formula is C18H25N3O3. The second-order valence-corrected chi connectivity index (χ2v) is 6.58. The zero-order valence-corrected chi connectivity index (χ0v) is 14.2. The van der Waals surface area contributed by atoms with Crippen LogP contribution in [0.25, 0.3) is 0 Å². The molecule has 2 aliphatic rings. The summed E-state index contributed by atoms with van der Waals surface area (Å²) < 4.78 is 5.29. The number of carbonyl (C=O) groups excluding carboxylic acids is 2. The Morgan fingerprint density at radius 2 is 2.04 bits per heavy atom. The van der Waals surface area contributed by atoms with Gasteiger partial charge in [0.05, 0.1) is 25.7 Å². The largest absolute Gasteiger partial charge is 0.378 e. The van der Waals surface area contributed by atoms with Gasteiger partial charge in [0.25, 0.3) is 0 Å². The molecule has 0 bridgehead atoms. The highest BCUT2D eigenvalue weighted by atomic mass is 16.5. The number of morpholine rings is 1. The second-order valence-electron chi connectivity index (χ2n) is 6.58. The molecule has 0 radical (unpaired) electrons. The molecule has 1 unspecified atom stereocenters. The van der Waals surface area contributed by atoms with Gasteiger partial charge in [-0.15, -0.1) is 0 Å². The molecule has 0 spiro atoms. The second kappa shape index (κ2) is 7.77. The summed E-state index contributed by atoms with van der Waals surface area (Å²) in [6.07, 6.45) is 0.827. The Kier molecular flexibility index (Phi) is 5.48. The van der Waals surface area contributed by atoms with Gasteiger partial charge in [-0.2, -0.15) is 0 Å². The first kappa shape index (κ1) is 16.9. The molecule has 1 N–H and O–H groups in total. The Hall–Kier alpha value is -1.92. The molecule has 130 valence electrons. The summed E-state index contributed by atoms with van der Waals surface area (Å²) in [6.45, 7) is 6.41. The van der Waals surface area contributed by atoms with E-state index in [0.717, 1.165) is 24.2 Å². The SMILES string of the molecule is Cc1cccc(NC(=O)CN2CCC(C(=O)N3CCOCC3)C2)c1. The summed E-state index contributed by atoms with van der Waals surface area (Å²) in [7, 11) is 0. The van der Waals surface area contributed by atoms with Gasteiger partial charge in [-0.1, -0.05) is 12.1 Å². The lowest BCUT2D eigenvalue weighted by molar-refractivity contribution is -0.139. The van der Waals surface area contributed by atoms with Crippen LogP contribution in [0.1, 0.15) is 12.0 Å². The van der Waals surface area contributed by atoms with Gasteiger partial charge in [0.15, 0.2) is 0 Å². The molecule has 6 heteroatoms. The molecule has 6 nitrogen and oxygen atoms in total. The van der Waals surface area contributed by atoms with Crippen molar-refractivity contribution in [1.29, 1.82) is 0 Å². The van der Waals surface area contributed by atoms with Crippen LogP contribution >= 0.6 is 0 Å². The van der Waals surface area contributed by atoms with E-state index in [9.17, 15) is 9.59 Å². The monoisotopic (exact) mass is 331 g/mol. The minimum atomic E-state index is -0.0277. The van der Waals surface area contributed by atoms with E-state index in [2.05, 4.69) is 10.2 Å². The third-order valence-corrected chi connectivity index (χ3v) is 4.61. The highest BCUT2D eigenvalue weighted by molar-refractivity contribution is 5.92. The standard InChI is InChI=1S/C18H25N3O3/c1-14-3-2-4-16(11-14)19-17(22)13-20-6-5-15(12-20)18(23)21-7-9-24-10-8-21/h2-4,11,15H,5-10,12-13H2,1H3,(H,19,22). The molecule has 2 aliphatic heterocycles. The smallest absolute Gasteiger partial charge is 0.238 e. The molecule has 1 atom stereocenters. The molecule has 2 saturated heterocycles. The van der Waals surface area contributed by atoms with E-state index in [1.54, 1.807) is 0 Å². The maximum Gasteiger partial charge on any atom is 0.238 e. The fourth-order valence-electron chi connectivity index (χ4n) is 3.35. The molecule has 24 heavy (non-hydrogen) atoms. The Bertz CT molecular complexity index is 599. The van der Waals surface area contributed by atoms with Crippen molar-refractivity contribution in [3.05, 3.63) is 29.8 Å². The van der Waals surface area contributed by atoms with E-state index in [-0.39, 0.29) is 17.7 Å². The lowest BCUT2D eigenvalue weighted by Crippen LogP contribution is -2.44. The number of benzene rings is 1. The van der Waals surface area contributed by atoms with Gasteiger partial charge in [0.2, 0.25) is 11.8 Å². The van der Waals surface area contributed by atoms with Crippen LogP contribution in [0.4, 0.5) is 5.69 Å². The fraction of sp³-hybridized carbons (Fsp3) is 0.556. The highest BCUT2D eigenvalue weighted by Gasteiger charge is 2.32. The average Bonchev–Trinajstić information content (AvgIpc) is 3.03. The average molecular weight is 331 g/mol. The zero-order chi connectivity index (χ0) is 16.9. The molecule has 2 heterocycles. The van der Waals surface area contributed by atoms with Crippen molar-refractivity contribution in [2.75, 3.05) is 51.3 Å². The first-order valence-corrected chi connectivity index (χ1v) is 8.57. The summed E-state index contributed by atoms with van der Waals surface area (Å²) in [4.78, 5) is 28.7. The minimum absolute atomic E-state index is 0.00914. The van der Waals surface area contributed by atoms with Crippen LogP contribution in [0.5, 0.6) is 0 Å². The minimum Gasteiger partial charge on any atom is -0.378 e. The lowest BCUT2D eigenvalue weighted by atomic mass is 10.1. The van der Waals surface area contributed by atoms with E-state index in [4.69, 9.17) is 4.74 Å². The van der Waals surface area contributed by atoms with Gasteiger partial charge in [-0.25, -0.2) is 0 Å². The Morgan fingerprint density at radius 1 is 1.25 bits per heavy atom. The predicted molar refractivity (Wildman–Crippen MR) is 91.8 cm³/mol. The fourth-order valence-corrected chi connectivity index (χ4v) is 3.35. The third kappa shape index (κ3) is 4.33. The molecule has 2 fully saturated rings. The van der Waals surface area contributed by atoms with E-state index >= 15 is 0 Å². The van der Waals surface area contributed by atoms with E-state index < -0.39 is 0 Å². The number of rotatable bonds is 4. The van der Waals surface area contributed by atoms with Gasteiger partial charge in [0.1, 0.15) is 0 Å².